The summed E-state index contributed by atoms with van der Waals surface area (Å²) in [6, 6.07) is 10.3. The molecular formula is C20H22BrN3O2. The van der Waals surface area contributed by atoms with Gasteiger partial charge in [0, 0.05) is 39.4 Å². The lowest BCUT2D eigenvalue weighted by atomic mass is 9.91. The largest absolute Gasteiger partial charge is 0.379 e. The summed E-state index contributed by atoms with van der Waals surface area (Å²) in [5.74, 6) is -0.434. The van der Waals surface area contributed by atoms with Gasteiger partial charge in [0.1, 0.15) is 0 Å². The van der Waals surface area contributed by atoms with Crippen molar-refractivity contribution in [3.63, 3.8) is 0 Å². The van der Waals surface area contributed by atoms with Gasteiger partial charge in [0.05, 0.1) is 24.3 Å². The van der Waals surface area contributed by atoms with Gasteiger partial charge in [-0.2, -0.15) is 0 Å². The molecule has 0 unspecified atom stereocenters. The first kappa shape index (κ1) is 17.5. The normalized spacial score (nSPS) is 16.4. The van der Waals surface area contributed by atoms with Gasteiger partial charge in [0.2, 0.25) is 0 Å². The average molecular weight is 416 g/mol. The molecular weight excluding hydrogens is 394 g/mol. The topological polar surface area (TPSA) is 71.4 Å². The molecule has 0 bridgehead atoms. The van der Waals surface area contributed by atoms with Gasteiger partial charge in [-0.15, -0.1) is 0 Å². The molecule has 1 aromatic heterocycles. The van der Waals surface area contributed by atoms with Crippen molar-refractivity contribution in [3.05, 3.63) is 45.9 Å². The quantitative estimate of drug-likeness (QED) is 0.683. The van der Waals surface area contributed by atoms with E-state index in [0.29, 0.717) is 5.56 Å². The monoisotopic (exact) mass is 415 g/mol. The van der Waals surface area contributed by atoms with Crippen LogP contribution in [-0.2, 0) is 10.3 Å². The number of carbonyl (C=O) groups is 1. The SMILES string of the molecule is CC(C)(c1ccc2c(c1)[nH]c1c(C(N)=O)cc(Br)cc12)N1CCOCC1. The average Bonchev–Trinajstić information content (AvgIpc) is 2.99. The van der Waals surface area contributed by atoms with Crippen LogP contribution < -0.4 is 5.73 Å². The van der Waals surface area contributed by atoms with Gasteiger partial charge in [-0.1, -0.05) is 28.1 Å². The first-order valence-corrected chi connectivity index (χ1v) is 9.55. The number of aromatic nitrogens is 1. The van der Waals surface area contributed by atoms with Crippen molar-refractivity contribution in [1.29, 1.82) is 0 Å². The second-order valence-electron chi connectivity index (χ2n) is 7.28. The van der Waals surface area contributed by atoms with Gasteiger partial charge in [-0.25, -0.2) is 0 Å². The highest BCUT2D eigenvalue weighted by Crippen LogP contribution is 2.35. The number of hydrogen-bond acceptors (Lipinski definition) is 3. The van der Waals surface area contributed by atoms with E-state index in [2.05, 4.69) is 57.9 Å². The maximum Gasteiger partial charge on any atom is 0.250 e. The number of H-pyrrole nitrogens is 1. The fourth-order valence-electron chi connectivity index (χ4n) is 3.85. The molecule has 6 heteroatoms. The summed E-state index contributed by atoms with van der Waals surface area (Å²) in [6.07, 6.45) is 0. The summed E-state index contributed by atoms with van der Waals surface area (Å²) < 4.78 is 6.34. The summed E-state index contributed by atoms with van der Waals surface area (Å²) >= 11 is 3.48. The molecule has 4 rings (SSSR count). The Morgan fingerprint density at radius 1 is 1.19 bits per heavy atom. The highest BCUT2D eigenvalue weighted by atomic mass is 79.9. The Balaban J connectivity index is 1.86. The van der Waals surface area contributed by atoms with E-state index in [1.54, 1.807) is 6.07 Å². The number of nitrogens with one attached hydrogen (secondary N) is 1. The van der Waals surface area contributed by atoms with Crippen molar-refractivity contribution in [1.82, 2.24) is 9.88 Å². The summed E-state index contributed by atoms with van der Waals surface area (Å²) in [5, 5.41) is 2.09. The summed E-state index contributed by atoms with van der Waals surface area (Å²) in [4.78, 5) is 17.7. The van der Waals surface area contributed by atoms with Crippen LogP contribution in [0.25, 0.3) is 21.8 Å². The highest BCUT2D eigenvalue weighted by molar-refractivity contribution is 9.10. The van der Waals surface area contributed by atoms with E-state index in [1.807, 2.05) is 6.07 Å². The number of fused-ring (bicyclic) bond motifs is 3. The predicted molar refractivity (Wildman–Crippen MR) is 107 cm³/mol. The highest BCUT2D eigenvalue weighted by Gasteiger charge is 2.30. The molecule has 0 atom stereocenters. The first-order valence-electron chi connectivity index (χ1n) is 8.76. The standard InChI is InChI=1S/C20H22BrN3O2/c1-20(2,24-5-7-26-8-6-24)12-3-4-14-15-10-13(21)11-16(19(22)25)18(15)23-17(14)9-12/h3-4,9-11,23H,5-8H2,1-2H3,(H2,22,25). The number of amides is 1. The molecule has 0 radical (unpaired) electrons. The third-order valence-electron chi connectivity index (χ3n) is 5.45. The zero-order valence-electron chi connectivity index (χ0n) is 14.9. The number of halogens is 1. The third kappa shape index (κ3) is 2.82. The van der Waals surface area contributed by atoms with Gasteiger partial charge < -0.3 is 15.5 Å². The number of aromatic amines is 1. The Morgan fingerprint density at radius 3 is 2.62 bits per heavy atom. The number of carbonyl (C=O) groups excluding carboxylic acids is 1. The van der Waals surface area contributed by atoms with Crippen LogP contribution in [0.1, 0.15) is 29.8 Å². The molecule has 1 fully saturated rings. The number of nitrogens with zero attached hydrogens (tertiary/aromatic N) is 1. The molecule has 26 heavy (non-hydrogen) atoms. The smallest absolute Gasteiger partial charge is 0.250 e. The van der Waals surface area contributed by atoms with Crippen molar-refractivity contribution < 1.29 is 9.53 Å². The van der Waals surface area contributed by atoms with Crippen LogP contribution in [-0.4, -0.2) is 42.1 Å². The minimum absolute atomic E-state index is 0.0949. The van der Waals surface area contributed by atoms with Crippen molar-refractivity contribution in [2.24, 2.45) is 5.73 Å². The zero-order chi connectivity index (χ0) is 18.5. The second-order valence-corrected chi connectivity index (χ2v) is 8.20. The fourth-order valence-corrected chi connectivity index (χ4v) is 4.31. The van der Waals surface area contributed by atoms with E-state index in [1.165, 1.54) is 5.56 Å². The molecule has 136 valence electrons. The molecule has 1 saturated heterocycles. The summed E-state index contributed by atoms with van der Waals surface area (Å²) in [5.41, 5.74) is 9.01. The maximum atomic E-state index is 11.8. The Kier molecular flexibility index (Phi) is 4.29. The maximum absolute atomic E-state index is 11.8. The zero-order valence-corrected chi connectivity index (χ0v) is 16.5. The Bertz CT molecular complexity index is 1000. The van der Waals surface area contributed by atoms with E-state index < -0.39 is 5.91 Å². The van der Waals surface area contributed by atoms with Crippen LogP contribution in [0, 0.1) is 0 Å². The second kappa shape index (κ2) is 6.37. The lowest BCUT2D eigenvalue weighted by Gasteiger charge is -2.41. The van der Waals surface area contributed by atoms with E-state index in [-0.39, 0.29) is 5.54 Å². The third-order valence-corrected chi connectivity index (χ3v) is 5.90. The number of benzene rings is 2. The summed E-state index contributed by atoms with van der Waals surface area (Å²) in [7, 11) is 0. The first-order chi connectivity index (χ1) is 12.4. The molecule has 0 aliphatic carbocycles. The van der Waals surface area contributed by atoms with Crippen molar-refractivity contribution >= 4 is 43.6 Å². The predicted octanol–water partition coefficient (Wildman–Crippen LogP) is 3.75. The molecule has 1 amide bonds. The number of ether oxygens (including phenoxy) is 1. The van der Waals surface area contributed by atoms with Gasteiger partial charge in [0.15, 0.2) is 0 Å². The molecule has 0 saturated carbocycles. The Hall–Kier alpha value is -1.89. The van der Waals surface area contributed by atoms with Crippen molar-refractivity contribution in [2.75, 3.05) is 26.3 Å². The van der Waals surface area contributed by atoms with Gasteiger partial charge in [-0.05, 0) is 37.6 Å². The van der Waals surface area contributed by atoms with Crippen molar-refractivity contribution in [3.8, 4) is 0 Å². The number of hydrogen-bond donors (Lipinski definition) is 2. The molecule has 2 aromatic carbocycles. The molecule has 0 spiro atoms. The number of primary amides is 1. The Morgan fingerprint density at radius 2 is 1.92 bits per heavy atom. The van der Waals surface area contributed by atoms with Gasteiger partial charge >= 0.3 is 0 Å². The van der Waals surface area contributed by atoms with Crippen LogP contribution in [0.5, 0.6) is 0 Å². The van der Waals surface area contributed by atoms with Gasteiger partial charge in [0.25, 0.3) is 5.91 Å². The number of morpholine rings is 1. The molecule has 3 N–H and O–H groups in total. The van der Waals surface area contributed by atoms with E-state index >= 15 is 0 Å². The van der Waals surface area contributed by atoms with Crippen LogP contribution >= 0.6 is 15.9 Å². The molecule has 1 aliphatic heterocycles. The van der Waals surface area contributed by atoms with Crippen LogP contribution in [0.4, 0.5) is 0 Å². The molecule has 3 aromatic rings. The number of nitrogens with two attached hydrogens (primary N) is 1. The minimum Gasteiger partial charge on any atom is -0.379 e. The lowest BCUT2D eigenvalue weighted by Crippen LogP contribution is -2.47. The number of rotatable bonds is 3. The van der Waals surface area contributed by atoms with Crippen LogP contribution in [0.15, 0.2) is 34.8 Å². The van der Waals surface area contributed by atoms with E-state index in [0.717, 1.165) is 52.6 Å². The summed E-state index contributed by atoms with van der Waals surface area (Å²) in [6.45, 7) is 7.89. The van der Waals surface area contributed by atoms with Gasteiger partial charge in [-0.3, -0.25) is 9.69 Å². The van der Waals surface area contributed by atoms with Crippen LogP contribution in [0.2, 0.25) is 0 Å². The van der Waals surface area contributed by atoms with Crippen molar-refractivity contribution in [2.45, 2.75) is 19.4 Å². The molecule has 2 heterocycles. The van der Waals surface area contributed by atoms with E-state index in [4.69, 9.17) is 10.5 Å². The van der Waals surface area contributed by atoms with Crippen LogP contribution in [0.3, 0.4) is 0 Å². The minimum atomic E-state index is -0.434. The lowest BCUT2D eigenvalue weighted by molar-refractivity contribution is -0.0117. The molecule has 1 aliphatic rings. The van der Waals surface area contributed by atoms with E-state index in [9.17, 15) is 4.79 Å². The molecule has 5 nitrogen and oxygen atoms in total. The Labute approximate surface area is 160 Å². The fraction of sp³-hybridized carbons (Fsp3) is 0.350.